The summed E-state index contributed by atoms with van der Waals surface area (Å²) in [5.74, 6) is -0.414. The minimum atomic E-state index is -0.961. The number of methoxy groups -OCH3 is 1. The number of nitrogens with zero attached hydrogens (tertiary/aromatic N) is 2. The van der Waals surface area contributed by atoms with E-state index in [9.17, 15) is 9.59 Å². The Bertz CT molecular complexity index is 791. The lowest BCUT2D eigenvalue weighted by molar-refractivity contribution is -0.125. The summed E-state index contributed by atoms with van der Waals surface area (Å²) in [7, 11) is 1.53. The Morgan fingerprint density at radius 2 is 2.23 bits per heavy atom. The first kappa shape index (κ1) is 18.6. The van der Waals surface area contributed by atoms with Crippen LogP contribution < -0.4 is 10.2 Å². The lowest BCUT2D eigenvalue weighted by Gasteiger charge is -2.28. The molecule has 7 nitrogen and oxygen atoms in total. The summed E-state index contributed by atoms with van der Waals surface area (Å²) in [6.07, 6.45) is 2.18. The molecule has 3 rings (SSSR count). The van der Waals surface area contributed by atoms with Gasteiger partial charge in [-0.25, -0.2) is 9.69 Å². The number of ether oxygens (including phenoxy) is 2. The van der Waals surface area contributed by atoms with Crippen molar-refractivity contribution in [3.8, 4) is 6.07 Å². The van der Waals surface area contributed by atoms with Gasteiger partial charge in [-0.2, -0.15) is 5.26 Å². The number of carbonyl (C=O) groups is 2. The van der Waals surface area contributed by atoms with E-state index in [2.05, 4.69) is 5.32 Å². The Balaban J connectivity index is 1.93. The van der Waals surface area contributed by atoms with Crippen LogP contribution >= 0.6 is 11.6 Å². The summed E-state index contributed by atoms with van der Waals surface area (Å²) in [5.41, 5.74) is 0.271. The van der Waals surface area contributed by atoms with Gasteiger partial charge < -0.3 is 14.8 Å². The molecule has 1 aliphatic heterocycles. The Morgan fingerprint density at radius 1 is 1.46 bits per heavy atom. The number of rotatable bonds is 5. The van der Waals surface area contributed by atoms with Crippen LogP contribution in [0.25, 0.3) is 0 Å². The second kappa shape index (κ2) is 7.23. The van der Waals surface area contributed by atoms with Crippen LogP contribution in [0.1, 0.15) is 30.4 Å². The first-order valence-corrected chi connectivity index (χ1v) is 8.76. The molecule has 26 heavy (non-hydrogen) atoms. The number of hydrogen-bond acceptors (Lipinski definition) is 5. The zero-order valence-corrected chi connectivity index (χ0v) is 15.4. The minimum absolute atomic E-state index is 0.117. The van der Waals surface area contributed by atoms with E-state index in [-0.39, 0.29) is 23.6 Å². The largest absolute Gasteiger partial charge is 0.359 e. The van der Waals surface area contributed by atoms with E-state index in [0.717, 1.165) is 17.7 Å². The topological polar surface area (TPSA) is 91.7 Å². The molecule has 0 radical (unpaired) electrons. The van der Waals surface area contributed by atoms with E-state index in [1.165, 1.54) is 13.2 Å². The molecule has 0 unspecified atom stereocenters. The molecule has 1 saturated heterocycles. The highest BCUT2D eigenvalue weighted by Crippen LogP contribution is 2.43. The molecule has 0 bridgehead atoms. The summed E-state index contributed by atoms with van der Waals surface area (Å²) in [4.78, 5) is 27.0. The fourth-order valence-corrected chi connectivity index (χ4v) is 4.04. The van der Waals surface area contributed by atoms with Crippen molar-refractivity contribution in [3.63, 3.8) is 0 Å². The molecule has 1 spiro atoms. The SMILES string of the molecule is COCOC[C@H]1CCC[C@@]12NC(=O)N(c1ccc(C#N)c(Cl)c1C)C2=O. The third-order valence-corrected chi connectivity index (χ3v) is 5.66. The van der Waals surface area contributed by atoms with Crippen molar-refractivity contribution in [1.29, 1.82) is 5.26 Å². The summed E-state index contributed by atoms with van der Waals surface area (Å²) >= 11 is 6.21. The highest BCUT2D eigenvalue weighted by atomic mass is 35.5. The van der Waals surface area contributed by atoms with Crippen LogP contribution in [0.15, 0.2) is 12.1 Å². The first-order chi connectivity index (χ1) is 12.5. The number of nitrogens with one attached hydrogen (secondary N) is 1. The lowest BCUT2D eigenvalue weighted by Crippen LogP contribution is -2.51. The zero-order chi connectivity index (χ0) is 18.9. The Labute approximate surface area is 156 Å². The molecule has 1 aromatic carbocycles. The van der Waals surface area contributed by atoms with Crippen LogP contribution in [0, 0.1) is 24.2 Å². The van der Waals surface area contributed by atoms with Gasteiger partial charge in [-0.05, 0) is 37.5 Å². The van der Waals surface area contributed by atoms with Gasteiger partial charge >= 0.3 is 6.03 Å². The smallest absolute Gasteiger partial charge is 0.329 e. The third kappa shape index (κ3) is 2.84. The van der Waals surface area contributed by atoms with Gasteiger partial charge in [0.2, 0.25) is 0 Å². The average Bonchev–Trinajstić information content (AvgIpc) is 3.13. The van der Waals surface area contributed by atoms with Crippen LogP contribution in [0.4, 0.5) is 10.5 Å². The molecule has 138 valence electrons. The van der Waals surface area contributed by atoms with Crippen LogP contribution in [0.2, 0.25) is 5.02 Å². The number of benzene rings is 1. The number of amides is 3. The van der Waals surface area contributed by atoms with Gasteiger partial charge in [0, 0.05) is 13.0 Å². The molecule has 2 aliphatic rings. The van der Waals surface area contributed by atoms with E-state index >= 15 is 0 Å². The quantitative estimate of drug-likeness (QED) is 0.484. The van der Waals surface area contributed by atoms with Crippen LogP contribution in [-0.2, 0) is 14.3 Å². The molecule has 1 N–H and O–H groups in total. The minimum Gasteiger partial charge on any atom is -0.359 e. The number of hydrogen-bond donors (Lipinski definition) is 1. The average molecular weight is 378 g/mol. The molecule has 0 aromatic heterocycles. The number of imide groups is 1. The van der Waals surface area contributed by atoms with Crippen molar-refractivity contribution in [1.82, 2.24) is 5.32 Å². The Hall–Kier alpha value is -2.14. The van der Waals surface area contributed by atoms with Crippen molar-refractivity contribution in [2.75, 3.05) is 25.4 Å². The first-order valence-electron chi connectivity index (χ1n) is 8.39. The number of carbonyl (C=O) groups excluding carboxylic acids is 2. The highest BCUT2D eigenvalue weighted by molar-refractivity contribution is 6.33. The molecular formula is C18H20ClN3O4. The van der Waals surface area contributed by atoms with Gasteiger partial charge in [-0.1, -0.05) is 18.0 Å². The van der Waals surface area contributed by atoms with Crippen LogP contribution in [0.3, 0.4) is 0 Å². The molecular weight excluding hydrogens is 358 g/mol. The predicted octanol–water partition coefficient (Wildman–Crippen LogP) is 2.74. The van der Waals surface area contributed by atoms with Gasteiger partial charge in [0.1, 0.15) is 18.4 Å². The number of urea groups is 1. The van der Waals surface area contributed by atoms with E-state index in [4.69, 9.17) is 26.3 Å². The summed E-state index contributed by atoms with van der Waals surface area (Å²) in [5, 5.41) is 12.2. The monoisotopic (exact) mass is 377 g/mol. The third-order valence-electron chi connectivity index (χ3n) is 5.18. The van der Waals surface area contributed by atoms with Gasteiger partial charge in [0.05, 0.1) is 22.9 Å². The molecule has 3 amide bonds. The lowest BCUT2D eigenvalue weighted by atomic mass is 9.87. The summed E-state index contributed by atoms with van der Waals surface area (Å²) < 4.78 is 10.3. The molecule has 1 saturated carbocycles. The van der Waals surface area contributed by atoms with Crippen LogP contribution in [-0.4, -0.2) is 38.0 Å². The number of nitriles is 1. The maximum atomic E-state index is 13.2. The predicted molar refractivity (Wildman–Crippen MR) is 94.8 cm³/mol. The molecule has 1 aromatic rings. The Morgan fingerprint density at radius 3 is 2.92 bits per heavy atom. The fourth-order valence-electron chi connectivity index (χ4n) is 3.84. The summed E-state index contributed by atoms with van der Waals surface area (Å²) in [6, 6.07) is 4.62. The maximum absolute atomic E-state index is 13.2. The molecule has 1 aliphatic carbocycles. The van der Waals surface area contributed by atoms with Gasteiger partial charge in [0.15, 0.2) is 0 Å². The van der Waals surface area contributed by atoms with E-state index in [1.807, 2.05) is 6.07 Å². The Kier molecular flexibility index (Phi) is 5.19. The zero-order valence-electron chi connectivity index (χ0n) is 14.7. The standard InChI is InChI=1S/C18H20ClN3O4/c1-11-14(6-5-12(8-20)15(11)19)22-16(23)18(21-17(22)24)7-3-4-13(18)9-26-10-25-2/h5-6,13H,3-4,7,9-10H2,1-2H3,(H,21,24)/t13-,18-/m1/s1. The molecule has 8 heteroatoms. The number of halogens is 1. The maximum Gasteiger partial charge on any atom is 0.329 e. The van der Waals surface area contributed by atoms with Crippen molar-refractivity contribution in [3.05, 3.63) is 28.3 Å². The van der Waals surface area contributed by atoms with Crippen LogP contribution in [0.5, 0.6) is 0 Å². The number of anilines is 1. The van der Waals surface area contributed by atoms with Crippen molar-refractivity contribution >= 4 is 29.2 Å². The van der Waals surface area contributed by atoms with Crippen molar-refractivity contribution in [2.24, 2.45) is 5.92 Å². The molecule has 2 atom stereocenters. The second-order valence-corrected chi connectivity index (χ2v) is 6.97. The summed E-state index contributed by atoms with van der Waals surface area (Å²) in [6.45, 7) is 2.17. The van der Waals surface area contributed by atoms with E-state index in [0.29, 0.717) is 29.8 Å². The molecule has 2 fully saturated rings. The molecule has 1 heterocycles. The van der Waals surface area contributed by atoms with E-state index < -0.39 is 11.6 Å². The second-order valence-electron chi connectivity index (χ2n) is 6.59. The van der Waals surface area contributed by atoms with Gasteiger partial charge in [-0.3, -0.25) is 4.79 Å². The van der Waals surface area contributed by atoms with E-state index in [1.54, 1.807) is 13.0 Å². The highest BCUT2D eigenvalue weighted by Gasteiger charge is 2.58. The fraction of sp³-hybridized carbons (Fsp3) is 0.500. The normalized spacial score (nSPS) is 25.0. The van der Waals surface area contributed by atoms with Gasteiger partial charge in [-0.15, -0.1) is 0 Å². The van der Waals surface area contributed by atoms with Gasteiger partial charge in [0.25, 0.3) is 5.91 Å². The van der Waals surface area contributed by atoms with Crippen molar-refractivity contribution in [2.45, 2.75) is 31.7 Å². The van der Waals surface area contributed by atoms with Crippen molar-refractivity contribution < 1.29 is 19.1 Å².